The first-order valence-electron chi connectivity index (χ1n) is 7.00. The molecule has 0 aliphatic heterocycles. The van der Waals surface area contributed by atoms with Crippen LogP contribution in [-0.2, 0) is 25.3 Å². The van der Waals surface area contributed by atoms with Gasteiger partial charge in [-0.1, -0.05) is 24.3 Å². The van der Waals surface area contributed by atoms with Gasteiger partial charge in [0, 0.05) is 31.6 Å². The van der Waals surface area contributed by atoms with Gasteiger partial charge in [-0.05, 0) is 36.5 Å². The molecule has 1 aliphatic rings. The lowest BCUT2D eigenvalue weighted by atomic mass is 9.67. The number of nitrogens with zero attached hydrogens (tertiary/aromatic N) is 2. The Bertz CT molecular complexity index is 573. The van der Waals surface area contributed by atoms with Crippen molar-refractivity contribution in [2.75, 3.05) is 6.54 Å². The van der Waals surface area contributed by atoms with E-state index in [2.05, 4.69) is 35.4 Å². The lowest BCUT2D eigenvalue weighted by Crippen LogP contribution is -2.40. The summed E-state index contributed by atoms with van der Waals surface area (Å²) in [4.78, 5) is 0. The van der Waals surface area contributed by atoms with Gasteiger partial charge in [0.15, 0.2) is 0 Å². The van der Waals surface area contributed by atoms with E-state index in [1.165, 1.54) is 24.0 Å². The first-order valence-corrected chi connectivity index (χ1v) is 7.00. The van der Waals surface area contributed by atoms with Gasteiger partial charge in [-0.25, -0.2) is 0 Å². The molecule has 1 atom stereocenters. The first kappa shape index (κ1) is 12.4. The Morgan fingerprint density at radius 3 is 2.89 bits per heavy atom. The molecule has 0 amide bonds. The third kappa shape index (κ3) is 2.19. The fourth-order valence-electron chi connectivity index (χ4n) is 3.38. The Kier molecular flexibility index (Phi) is 3.15. The summed E-state index contributed by atoms with van der Waals surface area (Å²) in [6, 6.07) is 10.9. The highest BCUT2D eigenvalue weighted by Crippen LogP contribution is 2.38. The third-order valence-electron chi connectivity index (χ3n) is 4.37. The molecule has 19 heavy (non-hydrogen) atoms. The van der Waals surface area contributed by atoms with Crippen molar-refractivity contribution in [1.82, 2.24) is 9.78 Å². The lowest BCUT2D eigenvalue weighted by molar-refractivity contribution is 0.361. The molecule has 3 heteroatoms. The highest BCUT2D eigenvalue weighted by Gasteiger charge is 2.35. The van der Waals surface area contributed by atoms with Gasteiger partial charge >= 0.3 is 0 Å². The summed E-state index contributed by atoms with van der Waals surface area (Å²) in [7, 11) is 1.97. The number of hydrogen-bond acceptors (Lipinski definition) is 2. The fraction of sp³-hybridized carbons (Fsp3) is 0.438. The first-order chi connectivity index (χ1) is 9.23. The number of aromatic nitrogens is 2. The van der Waals surface area contributed by atoms with Crippen LogP contribution in [0.25, 0.3) is 0 Å². The van der Waals surface area contributed by atoms with Gasteiger partial charge < -0.3 is 5.73 Å². The summed E-state index contributed by atoms with van der Waals surface area (Å²) >= 11 is 0. The lowest BCUT2D eigenvalue weighted by Gasteiger charge is -2.38. The van der Waals surface area contributed by atoms with Crippen LogP contribution in [0.2, 0.25) is 0 Å². The molecule has 1 aromatic heterocycles. The molecule has 3 nitrogen and oxygen atoms in total. The number of aryl methyl sites for hydroxylation is 2. The van der Waals surface area contributed by atoms with Gasteiger partial charge in [0.1, 0.15) is 0 Å². The fourth-order valence-corrected chi connectivity index (χ4v) is 3.38. The normalized spacial score (nSPS) is 22.2. The van der Waals surface area contributed by atoms with Crippen molar-refractivity contribution in [2.24, 2.45) is 12.8 Å². The Morgan fingerprint density at radius 1 is 1.32 bits per heavy atom. The van der Waals surface area contributed by atoms with Gasteiger partial charge in [0.2, 0.25) is 0 Å². The second-order valence-corrected chi connectivity index (χ2v) is 5.65. The van der Waals surface area contributed by atoms with Crippen LogP contribution in [-0.4, -0.2) is 16.3 Å². The zero-order valence-electron chi connectivity index (χ0n) is 11.5. The standard InChI is InChI=1S/C16H21N3/c1-19-10-8-14(18-19)11-16(12-17)9-4-6-13-5-2-3-7-15(13)16/h2-3,5,7-8,10H,4,6,9,11-12,17H2,1H3. The van der Waals surface area contributed by atoms with Crippen LogP contribution in [0.3, 0.4) is 0 Å². The van der Waals surface area contributed by atoms with Crippen molar-refractivity contribution in [3.63, 3.8) is 0 Å². The topological polar surface area (TPSA) is 43.8 Å². The summed E-state index contributed by atoms with van der Waals surface area (Å²) in [6.07, 6.45) is 6.52. The minimum atomic E-state index is 0.0726. The van der Waals surface area contributed by atoms with Gasteiger partial charge in [-0.3, -0.25) is 4.68 Å². The summed E-state index contributed by atoms with van der Waals surface area (Å²) in [5, 5.41) is 4.53. The van der Waals surface area contributed by atoms with Crippen LogP contribution in [0, 0.1) is 0 Å². The summed E-state index contributed by atoms with van der Waals surface area (Å²) in [5.41, 5.74) is 10.3. The van der Waals surface area contributed by atoms with Gasteiger partial charge in [0.05, 0.1) is 5.69 Å². The molecule has 2 N–H and O–H groups in total. The van der Waals surface area contributed by atoms with Crippen molar-refractivity contribution in [1.29, 1.82) is 0 Å². The largest absolute Gasteiger partial charge is 0.330 e. The van der Waals surface area contributed by atoms with Gasteiger partial charge in [-0.2, -0.15) is 5.10 Å². The Balaban J connectivity index is 2.00. The molecular formula is C16H21N3. The van der Waals surface area contributed by atoms with Crippen molar-refractivity contribution < 1.29 is 0 Å². The Hall–Kier alpha value is -1.61. The molecule has 0 fully saturated rings. The average Bonchev–Trinajstić information content (AvgIpc) is 2.84. The number of hydrogen-bond donors (Lipinski definition) is 1. The molecule has 2 aromatic rings. The highest BCUT2D eigenvalue weighted by atomic mass is 15.2. The number of fused-ring (bicyclic) bond motifs is 1. The Labute approximate surface area is 114 Å². The molecule has 1 unspecified atom stereocenters. The van der Waals surface area contributed by atoms with Crippen LogP contribution in [0.5, 0.6) is 0 Å². The van der Waals surface area contributed by atoms with Crippen molar-refractivity contribution in [3.05, 3.63) is 53.3 Å². The molecule has 0 bridgehead atoms. The van der Waals surface area contributed by atoms with Crippen LogP contribution in [0.15, 0.2) is 36.5 Å². The van der Waals surface area contributed by atoms with Crippen LogP contribution in [0.4, 0.5) is 0 Å². The monoisotopic (exact) mass is 255 g/mol. The van der Waals surface area contributed by atoms with Crippen molar-refractivity contribution in [2.45, 2.75) is 31.1 Å². The van der Waals surface area contributed by atoms with Crippen LogP contribution in [0.1, 0.15) is 29.7 Å². The molecule has 1 aromatic carbocycles. The average molecular weight is 255 g/mol. The van der Waals surface area contributed by atoms with Crippen LogP contribution >= 0.6 is 0 Å². The van der Waals surface area contributed by atoms with E-state index in [0.717, 1.165) is 18.5 Å². The molecule has 0 saturated carbocycles. The molecule has 3 rings (SSSR count). The third-order valence-corrected chi connectivity index (χ3v) is 4.37. The summed E-state index contributed by atoms with van der Waals surface area (Å²) in [5.74, 6) is 0. The maximum Gasteiger partial charge on any atom is 0.0633 e. The van der Waals surface area contributed by atoms with Crippen LogP contribution < -0.4 is 5.73 Å². The zero-order chi connectivity index (χ0) is 13.3. The van der Waals surface area contributed by atoms with E-state index in [4.69, 9.17) is 5.73 Å². The molecule has 0 spiro atoms. The van der Waals surface area contributed by atoms with Crippen molar-refractivity contribution in [3.8, 4) is 0 Å². The maximum atomic E-state index is 6.17. The van der Waals surface area contributed by atoms with E-state index in [0.29, 0.717) is 6.54 Å². The van der Waals surface area contributed by atoms with Gasteiger partial charge in [-0.15, -0.1) is 0 Å². The van der Waals surface area contributed by atoms with E-state index in [-0.39, 0.29) is 5.41 Å². The molecule has 0 saturated heterocycles. The molecule has 100 valence electrons. The predicted molar refractivity (Wildman–Crippen MR) is 77.0 cm³/mol. The van der Waals surface area contributed by atoms with E-state index in [1.807, 2.05) is 17.9 Å². The molecular weight excluding hydrogens is 234 g/mol. The number of nitrogens with two attached hydrogens (primary N) is 1. The van der Waals surface area contributed by atoms with Gasteiger partial charge in [0.25, 0.3) is 0 Å². The maximum absolute atomic E-state index is 6.17. The number of rotatable bonds is 3. The minimum Gasteiger partial charge on any atom is -0.330 e. The van der Waals surface area contributed by atoms with E-state index < -0.39 is 0 Å². The smallest absolute Gasteiger partial charge is 0.0633 e. The van der Waals surface area contributed by atoms with E-state index >= 15 is 0 Å². The molecule has 0 radical (unpaired) electrons. The second-order valence-electron chi connectivity index (χ2n) is 5.65. The van der Waals surface area contributed by atoms with E-state index in [9.17, 15) is 0 Å². The Morgan fingerprint density at radius 2 is 2.16 bits per heavy atom. The SMILES string of the molecule is Cn1ccc(CC2(CN)CCCc3ccccc32)n1. The summed E-state index contributed by atoms with van der Waals surface area (Å²) in [6.45, 7) is 0.695. The second kappa shape index (κ2) is 4.82. The molecule has 1 aliphatic carbocycles. The minimum absolute atomic E-state index is 0.0726. The quantitative estimate of drug-likeness (QED) is 0.913. The zero-order valence-corrected chi connectivity index (χ0v) is 11.5. The highest BCUT2D eigenvalue weighted by molar-refractivity contribution is 5.38. The number of benzene rings is 1. The predicted octanol–water partition coefficient (Wildman–Crippen LogP) is 2.20. The molecule has 1 heterocycles. The summed E-state index contributed by atoms with van der Waals surface area (Å²) < 4.78 is 1.87. The van der Waals surface area contributed by atoms with Crippen molar-refractivity contribution >= 4 is 0 Å². The van der Waals surface area contributed by atoms with E-state index in [1.54, 1.807) is 0 Å².